The van der Waals surface area contributed by atoms with Crippen molar-refractivity contribution in [2.75, 3.05) is 63.9 Å². The summed E-state index contributed by atoms with van der Waals surface area (Å²) in [5.41, 5.74) is 45.7. The van der Waals surface area contributed by atoms with Gasteiger partial charge in [0.25, 0.3) is 0 Å². The third kappa shape index (κ3) is 36.9. The smallest absolute Gasteiger partial charge is 0.245 e. The minimum absolute atomic E-state index is 0.00779. The van der Waals surface area contributed by atoms with Crippen molar-refractivity contribution in [3.8, 4) is 0 Å². The topological polar surface area (TPSA) is 669 Å². The molecule has 2 aromatic rings. The number of nitrogens with zero attached hydrogens (tertiary/aromatic N) is 2. The van der Waals surface area contributed by atoms with Crippen LogP contribution in [0.4, 0.5) is 0 Å². The molecular formula is C64H105N23O16S2. The average Bonchev–Trinajstić information content (AvgIpc) is 0.885. The van der Waals surface area contributed by atoms with E-state index >= 15 is 0 Å². The first kappa shape index (κ1) is 91.1. The fourth-order valence-electron chi connectivity index (χ4n) is 9.68. The second kappa shape index (κ2) is 50.5. The number of hydrogen-bond donors (Lipinski definition) is 25. The molecule has 14 amide bonds. The molecule has 0 saturated carbocycles. The first-order valence-electron chi connectivity index (χ1n) is 33.9. The molecule has 0 spiro atoms. The number of aliphatic hydroxyl groups is 2. The van der Waals surface area contributed by atoms with Crippen molar-refractivity contribution in [2.45, 2.75) is 163 Å². The van der Waals surface area contributed by atoms with E-state index in [1.165, 1.54) is 6.92 Å². The lowest BCUT2D eigenvalue weighted by molar-refractivity contribution is -0.136. The lowest BCUT2D eigenvalue weighted by Gasteiger charge is -2.27. The monoisotopic (exact) mass is 1520 g/mol. The lowest BCUT2D eigenvalue weighted by atomic mass is 10.0. The number of benzene rings is 2. The number of nitrogens with one attached hydrogen (secondary N) is 13. The van der Waals surface area contributed by atoms with Gasteiger partial charge in [-0.1, -0.05) is 60.7 Å². The Labute approximate surface area is 618 Å². The maximum atomic E-state index is 14.2. The Morgan fingerprint density at radius 2 is 0.790 bits per heavy atom. The molecular weight excluding hydrogens is 1410 g/mol. The van der Waals surface area contributed by atoms with E-state index in [1.54, 1.807) is 60.7 Å². The zero-order valence-corrected chi connectivity index (χ0v) is 60.6. The molecule has 0 heterocycles. The van der Waals surface area contributed by atoms with Crippen LogP contribution in [0.5, 0.6) is 0 Å². The number of amides is 14. The van der Waals surface area contributed by atoms with Crippen LogP contribution in [-0.4, -0.2) is 241 Å². The van der Waals surface area contributed by atoms with Gasteiger partial charge in [-0.2, -0.15) is 25.3 Å². The zero-order chi connectivity index (χ0) is 78.6. The van der Waals surface area contributed by atoms with Gasteiger partial charge in [0.1, 0.15) is 60.4 Å². The fourth-order valence-corrected chi connectivity index (χ4v) is 10.1. The maximum Gasteiger partial charge on any atom is 0.245 e. The first-order valence-corrected chi connectivity index (χ1v) is 35.1. The van der Waals surface area contributed by atoms with E-state index in [-0.39, 0.29) is 101 Å². The summed E-state index contributed by atoms with van der Waals surface area (Å²) in [4.78, 5) is 196. The predicted octanol–water partition coefficient (Wildman–Crippen LogP) is -9.90. The molecule has 0 aromatic heterocycles. The van der Waals surface area contributed by atoms with Crippen molar-refractivity contribution in [3.05, 3.63) is 71.8 Å². The maximum absolute atomic E-state index is 14.2. The molecule has 0 fully saturated rings. The van der Waals surface area contributed by atoms with E-state index in [2.05, 4.69) is 104 Å². The highest BCUT2D eigenvalue weighted by atomic mass is 32.1. The van der Waals surface area contributed by atoms with Gasteiger partial charge in [0.2, 0.25) is 82.7 Å². The Morgan fingerprint density at radius 3 is 1.25 bits per heavy atom. The number of carbonyl (C=O) groups is 14. The number of guanidine groups is 2. The Kier molecular flexibility index (Phi) is 43.8. The molecule has 0 aliphatic heterocycles. The molecule has 39 nitrogen and oxygen atoms in total. The summed E-state index contributed by atoms with van der Waals surface area (Å²) >= 11 is 8.23. The van der Waals surface area contributed by atoms with Crippen molar-refractivity contribution in [2.24, 2.45) is 55.9 Å². The molecule has 2 aromatic carbocycles. The fraction of sp³-hybridized carbons (Fsp3) is 0.562. The van der Waals surface area contributed by atoms with Gasteiger partial charge in [-0.3, -0.25) is 77.1 Å². The molecule has 0 radical (unpaired) electrons. The van der Waals surface area contributed by atoms with Crippen molar-refractivity contribution in [1.29, 1.82) is 0 Å². The molecule has 0 saturated heterocycles. The molecule has 0 bridgehead atoms. The van der Waals surface area contributed by atoms with E-state index in [4.69, 9.17) is 45.9 Å². The summed E-state index contributed by atoms with van der Waals surface area (Å²) in [6, 6.07) is 1.52. The Hall–Kier alpha value is -9.94. The number of unbranched alkanes of at least 4 members (excludes halogenated alkanes) is 2. The molecule has 584 valence electrons. The van der Waals surface area contributed by atoms with Crippen LogP contribution in [0.25, 0.3) is 0 Å². The predicted molar refractivity (Wildman–Crippen MR) is 394 cm³/mol. The van der Waals surface area contributed by atoms with E-state index in [0.29, 0.717) is 36.9 Å². The number of aliphatic imine (C=N–C) groups is 2. The van der Waals surface area contributed by atoms with Gasteiger partial charge >= 0.3 is 0 Å². The van der Waals surface area contributed by atoms with E-state index in [9.17, 15) is 77.3 Å². The minimum Gasteiger partial charge on any atom is -0.394 e. The van der Waals surface area contributed by atoms with Crippen LogP contribution in [0.15, 0.2) is 70.6 Å². The SMILES string of the molecule is C[C@H](NC(=O)CNC(=O)[C@@H](NC(=O)[C@H](Cc1ccccc1)NC(=O)CNC(=O)CNC(=O)[C@H](Cc1ccccc1)NC(=O)[C@@H](N)CS)[C@@H](C)O)C(=O)N[C@@H](CCCN=C(N)N)C(=O)N[C@@H](CCCCN)C(=O)N[C@@H](CO)C(=O)N[C@@H](CS)C(=O)N[C@@H](CCCN=C(N)N)C(=O)N[C@@H](CCCCN)C(N)=O. The summed E-state index contributed by atoms with van der Waals surface area (Å²) < 4.78 is 0. The number of carbonyl (C=O) groups excluding carboxylic acids is 14. The van der Waals surface area contributed by atoms with E-state index in [1.807, 2.05) is 0 Å². The first-order chi connectivity index (χ1) is 49.9. The Balaban J connectivity index is 2.22. The molecule has 0 aliphatic carbocycles. The third-order valence-electron chi connectivity index (χ3n) is 15.5. The van der Waals surface area contributed by atoms with Gasteiger partial charge in [-0.15, -0.1) is 0 Å². The molecule has 0 unspecified atom stereocenters. The number of thiol groups is 2. The summed E-state index contributed by atoms with van der Waals surface area (Å²) in [5, 5.41) is 52.7. The van der Waals surface area contributed by atoms with Gasteiger partial charge in [0.15, 0.2) is 11.9 Å². The van der Waals surface area contributed by atoms with Crippen LogP contribution in [0.2, 0.25) is 0 Å². The summed E-state index contributed by atoms with van der Waals surface area (Å²) in [5.74, 6) is -13.7. The summed E-state index contributed by atoms with van der Waals surface area (Å²) in [6.45, 7) is -0.346. The van der Waals surface area contributed by atoms with Gasteiger partial charge in [0.05, 0.1) is 38.4 Å². The minimum atomic E-state index is -1.77. The highest BCUT2D eigenvalue weighted by Crippen LogP contribution is 2.11. The van der Waals surface area contributed by atoms with Crippen molar-refractivity contribution in [1.82, 2.24) is 69.1 Å². The summed E-state index contributed by atoms with van der Waals surface area (Å²) in [6.07, 6.45) is -0.167. The lowest BCUT2D eigenvalue weighted by Crippen LogP contribution is -2.61. The molecule has 0 aliphatic rings. The Morgan fingerprint density at radius 1 is 0.410 bits per heavy atom. The molecule has 41 heteroatoms. The number of aliphatic hydroxyl groups excluding tert-OH is 2. The normalized spacial score (nSPS) is 14.3. The molecule has 105 heavy (non-hydrogen) atoms. The van der Waals surface area contributed by atoms with Gasteiger partial charge < -0.3 is 125 Å². The van der Waals surface area contributed by atoms with Crippen LogP contribution in [0, 0.1) is 0 Å². The van der Waals surface area contributed by atoms with Gasteiger partial charge in [-0.25, -0.2) is 0 Å². The zero-order valence-electron chi connectivity index (χ0n) is 58.8. The number of hydrogen-bond acceptors (Lipinski definition) is 23. The molecule has 12 atom stereocenters. The van der Waals surface area contributed by atoms with Crippen molar-refractivity contribution in [3.63, 3.8) is 0 Å². The standard InChI is InChI=1S/C64H105N23O16S2/c1-35(78-49(91)31-77-62(103)51(36(2)89)87-59(100)45(28-38-17-7-4-8-18-38)79-50(92)30-75-48(90)29-76-55(96)44(84-54(95)39(67)33-104)27-37-15-5-3-6-16-37)53(94)81-42(21-13-25-73-63(69)70)57(98)82-41(20-10-12-24-66)58(99)85-46(32-88)60(101)86-47(34-105)61(102)83-43(22-14-26-74-64(71)72)56(97)80-40(52(68)93)19-9-11-23-65/h3-8,15-18,35-36,39-47,51,88-89,104-105H,9-14,19-34,65-67H2,1-2H3,(H2,68,93)(H,75,90)(H,76,96)(H,77,103)(H,78,91)(H,79,92)(H,80,97)(H,81,94)(H,82,98)(H,83,102)(H,84,95)(H,85,99)(H,86,101)(H,87,100)(H4,69,70,73)(H4,71,72,74)/t35-,36+,39-,40-,41-,42-,43-,44-,45-,46-,47-,51-/m0/s1. The summed E-state index contributed by atoms with van der Waals surface area (Å²) in [7, 11) is 0. The van der Waals surface area contributed by atoms with Crippen LogP contribution in [-0.2, 0) is 80.0 Å². The average molecular weight is 1520 g/mol. The van der Waals surface area contributed by atoms with Crippen LogP contribution < -0.4 is 115 Å². The second-order valence-corrected chi connectivity index (χ2v) is 24.9. The highest BCUT2D eigenvalue weighted by Gasteiger charge is 2.35. The van der Waals surface area contributed by atoms with Gasteiger partial charge in [0, 0.05) is 37.4 Å². The number of primary amides is 1. The number of nitrogens with two attached hydrogens (primary N) is 8. The van der Waals surface area contributed by atoms with Crippen molar-refractivity contribution < 1.29 is 77.3 Å². The van der Waals surface area contributed by atoms with Gasteiger partial charge in [-0.05, 0) is 102 Å². The van der Waals surface area contributed by atoms with Crippen LogP contribution in [0.3, 0.4) is 0 Å². The highest BCUT2D eigenvalue weighted by molar-refractivity contribution is 7.80. The van der Waals surface area contributed by atoms with E-state index < -0.39 is 182 Å². The Bertz CT molecular complexity index is 3230. The second-order valence-electron chi connectivity index (χ2n) is 24.2. The van der Waals surface area contributed by atoms with Crippen LogP contribution >= 0.6 is 25.3 Å². The largest absolute Gasteiger partial charge is 0.394 e. The van der Waals surface area contributed by atoms with Crippen molar-refractivity contribution >= 4 is 120 Å². The van der Waals surface area contributed by atoms with E-state index in [0.717, 1.165) is 6.92 Å². The number of rotatable bonds is 51. The quantitative estimate of drug-likeness (QED) is 0.0127. The molecule has 2 rings (SSSR count). The third-order valence-corrected chi connectivity index (χ3v) is 16.2. The molecule has 31 N–H and O–H groups in total. The van der Waals surface area contributed by atoms with Crippen LogP contribution in [0.1, 0.15) is 89.2 Å².